The molecule has 8 heteroatoms. The van der Waals surface area contributed by atoms with Crippen molar-refractivity contribution in [3.63, 3.8) is 0 Å². The van der Waals surface area contributed by atoms with Crippen LogP contribution in [0.25, 0.3) is 0 Å². The van der Waals surface area contributed by atoms with Gasteiger partial charge < -0.3 is 13.8 Å². The molecule has 5 nitrogen and oxygen atoms in total. The molecule has 0 spiro atoms. The molecule has 0 saturated heterocycles. The molecule has 2 aromatic rings. The van der Waals surface area contributed by atoms with E-state index in [-0.39, 0.29) is 11.8 Å². The Morgan fingerprint density at radius 1 is 0.880 bits per heavy atom. The molecular weight excluding hydrogens is 384 g/mol. The molecule has 1 unspecified atom stereocenters. The fourth-order valence-corrected chi connectivity index (χ4v) is 4.46. The minimum absolute atomic E-state index is 0.264. The first-order valence-electron chi connectivity index (χ1n) is 7.67. The van der Waals surface area contributed by atoms with Gasteiger partial charge in [-0.2, -0.15) is 4.67 Å². The Kier molecular flexibility index (Phi) is 7.91. The van der Waals surface area contributed by atoms with Crippen molar-refractivity contribution in [3.05, 3.63) is 54.6 Å². The van der Waals surface area contributed by atoms with E-state index in [1.165, 1.54) is 4.67 Å². The molecule has 0 N–H and O–H groups in total. The van der Waals surface area contributed by atoms with E-state index < -0.39 is 7.75 Å². The van der Waals surface area contributed by atoms with Gasteiger partial charge in [-0.1, -0.05) is 24.3 Å². The summed E-state index contributed by atoms with van der Waals surface area (Å²) in [5.41, 5.74) is 0. The molecule has 0 aliphatic carbocycles. The van der Waals surface area contributed by atoms with Crippen molar-refractivity contribution < 1.29 is 18.3 Å². The van der Waals surface area contributed by atoms with Crippen molar-refractivity contribution in [1.82, 2.24) is 4.67 Å². The van der Waals surface area contributed by atoms with Crippen LogP contribution in [0.2, 0.25) is 0 Å². The van der Waals surface area contributed by atoms with E-state index in [1.54, 1.807) is 55.6 Å². The van der Waals surface area contributed by atoms with Gasteiger partial charge in [-0.25, -0.2) is 4.57 Å². The maximum Gasteiger partial charge on any atom is 0.515 e. The topological polar surface area (TPSA) is 48.0 Å². The molecule has 0 heterocycles. The van der Waals surface area contributed by atoms with Crippen LogP contribution in [0.15, 0.2) is 54.6 Å². The van der Waals surface area contributed by atoms with Crippen molar-refractivity contribution >= 4 is 30.9 Å². The molecule has 136 valence electrons. The van der Waals surface area contributed by atoms with Crippen LogP contribution in [0.3, 0.4) is 0 Å². The van der Waals surface area contributed by atoms with Gasteiger partial charge in [-0.15, -0.1) is 23.2 Å². The number of para-hydroxylation sites is 1. The standard InChI is InChI=1S/C17H20Cl2NO4P/c1-22-16-8-5-9-17(14-16)24-25(21,20(12-10-18)13-11-19)23-15-6-3-2-4-7-15/h2-9,14H,10-13H2,1H3. The normalized spacial score (nSPS) is 13.3. The first-order chi connectivity index (χ1) is 12.1. The molecule has 25 heavy (non-hydrogen) atoms. The van der Waals surface area contributed by atoms with Gasteiger partial charge in [0, 0.05) is 30.9 Å². The SMILES string of the molecule is COc1cccc(OP(=O)(Oc2ccccc2)N(CCCl)CCCl)c1. The number of nitrogens with zero attached hydrogens (tertiary/aromatic N) is 1. The lowest BCUT2D eigenvalue weighted by Crippen LogP contribution is -2.29. The van der Waals surface area contributed by atoms with E-state index in [0.29, 0.717) is 30.3 Å². The fourth-order valence-electron chi connectivity index (χ4n) is 2.09. The van der Waals surface area contributed by atoms with Crippen molar-refractivity contribution in [2.24, 2.45) is 0 Å². The quantitative estimate of drug-likeness (QED) is 0.410. The van der Waals surface area contributed by atoms with E-state index in [0.717, 1.165) is 0 Å². The predicted octanol–water partition coefficient (Wildman–Crippen LogP) is 5.04. The van der Waals surface area contributed by atoms with Gasteiger partial charge in [0.1, 0.15) is 17.2 Å². The van der Waals surface area contributed by atoms with E-state index in [2.05, 4.69) is 0 Å². The molecule has 2 rings (SSSR count). The first-order valence-corrected chi connectivity index (χ1v) is 10.2. The molecule has 0 amide bonds. The summed E-state index contributed by atoms with van der Waals surface area (Å²) in [6.45, 7) is 0.616. The number of ether oxygens (including phenoxy) is 1. The van der Waals surface area contributed by atoms with E-state index >= 15 is 0 Å². The summed E-state index contributed by atoms with van der Waals surface area (Å²) in [5, 5.41) is 0. The van der Waals surface area contributed by atoms with Crippen LogP contribution in [0.4, 0.5) is 0 Å². The van der Waals surface area contributed by atoms with E-state index in [1.807, 2.05) is 6.07 Å². The molecule has 0 aliphatic heterocycles. The lowest BCUT2D eigenvalue weighted by molar-refractivity contribution is 0.295. The second-order valence-corrected chi connectivity index (χ2v) is 7.60. The molecule has 0 fully saturated rings. The predicted molar refractivity (Wildman–Crippen MR) is 101 cm³/mol. The van der Waals surface area contributed by atoms with Gasteiger partial charge in [-0.05, 0) is 24.3 Å². The van der Waals surface area contributed by atoms with Crippen molar-refractivity contribution in [3.8, 4) is 17.2 Å². The van der Waals surface area contributed by atoms with Crippen molar-refractivity contribution in [2.45, 2.75) is 0 Å². The molecule has 0 aliphatic rings. The van der Waals surface area contributed by atoms with Gasteiger partial charge >= 0.3 is 7.75 Å². The maximum atomic E-state index is 13.6. The second kappa shape index (κ2) is 9.93. The number of alkyl halides is 2. The third-order valence-electron chi connectivity index (χ3n) is 3.26. The van der Waals surface area contributed by atoms with Gasteiger partial charge in [0.2, 0.25) is 0 Å². The zero-order chi connectivity index (χ0) is 18.1. The fraction of sp³-hybridized carbons (Fsp3) is 0.294. The van der Waals surface area contributed by atoms with Crippen LogP contribution in [-0.4, -0.2) is 36.6 Å². The molecule has 2 aromatic carbocycles. The Morgan fingerprint density at radius 2 is 1.44 bits per heavy atom. The highest BCUT2D eigenvalue weighted by Crippen LogP contribution is 2.52. The molecule has 0 bridgehead atoms. The third kappa shape index (κ3) is 5.82. The Labute approximate surface area is 158 Å². The first kappa shape index (κ1) is 19.9. The molecule has 1 atom stereocenters. The highest BCUT2D eigenvalue weighted by molar-refractivity contribution is 7.52. The summed E-state index contributed by atoms with van der Waals surface area (Å²) in [6, 6.07) is 15.7. The molecule has 0 aromatic heterocycles. The molecule has 0 radical (unpaired) electrons. The average Bonchev–Trinajstić information content (AvgIpc) is 2.62. The number of halogens is 2. The van der Waals surface area contributed by atoms with E-state index in [4.69, 9.17) is 37.0 Å². The summed E-state index contributed by atoms with van der Waals surface area (Å²) in [7, 11) is -2.18. The molecular formula is C17H20Cl2NO4P. The van der Waals surface area contributed by atoms with E-state index in [9.17, 15) is 4.57 Å². The number of hydrogen-bond acceptors (Lipinski definition) is 4. The summed E-state index contributed by atoms with van der Waals surface area (Å²) in [5.74, 6) is 1.92. The zero-order valence-electron chi connectivity index (χ0n) is 13.8. The summed E-state index contributed by atoms with van der Waals surface area (Å²) < 4.78 is 31.8. The second-order valence-electron chi connectivity index (χ2n) is 4.97. The third-order valence-corrected chi connectivity index (χ3v) is 5.57. The summed E-state index contributed by atoms with van der Waals surface area (Å²) in [4.78, 5) is 0. The Bertz CT molecular complexity index is 696. The van der Waals surface area contributed by atoms with Crippen LogP contribution < -0.4 is 13.8 Å². The minimum atomic E-state index is -3.73. The van der Waals surface area contributed by atoms with Gasteiger partial charge in [0.15, 0.2) is 0 Å². The minimum Gasteiger partial charge on any atom is -0.497 e. The average molecular weight is 404 g/mol. The highest BCUT2D eigenvalue weighted by atomic mass is 35.5. The van der Waals surface area contributed by atoms with Crippen LogP contribution in [0, 0.1) is 0 Å². The Hall–Kier alpha value is -1.39. The van der Waals surface area contributed by atoms with Crippen molar-refractivity contribution in [2.75, 3.05) is 32.0 Å². The van der Waals surface area contributed by atoms with Crippen LogP contribution in [0.1, 0.15) is 0 Å². The summed E-state index contributed by atoms with van der Waals surface area (Å²) in [6.07, 6.45) is 0. The lowest BCUT2D eigenvalue weighted by Gasteiger charge is -2.29. The van der Waals surface area contributed by atoms with Crippen molar-refractivity contribution in [1.29, 1.82) is 0 Å². The monoisotopic (exact) mass is 403 g/mol. The van der Waals surface area contributed by atoms with Gasteiger partial charge in [0.05, 0.1) is 7.11 Å². The number of benzene rings is 2. The van der Waals surface area contributed by atoms with Gasteiger partial charge in [0.25, 0.3) is 0 Å². The largest absolute Gasteiger partial charge is 0.515 e. The molecule has 0 saturated carbocycles. The number of methoxy groups -OCH3 is 1. The Morgan fingerprint density at radius 3 is 2.04 bits per heavy atom. The van der Waals surface area contributed by atoms with Crippen LogP contribution in [0.5, 0.6) is 17.2 Å². The van der Waals surface area contributed by atoms with Crippen LogP contribution in [-0.2, 0) is 4.57 Å². The smallest absolute Gasteiger partial charge is 0.497 e. The summed E-state index contributed by atoms with van der Waals surface area (Å²) >= 11 is 11.7. The lowest BCUT2D eigenvalue weighted by atomic mass is 10.3. The van der Waals surface area contributed by atoms with Gasteiger partial charge in [-0.3, -0.25) is 0 Å². The maximum absolute atomic E-state index is 13.6. The zero-order valence-corrected chi connectivity index (χ0v) is 16.2. The van der Waals surface area contributed by atoms with Crippen LogP contribution >= 0.6 is 30.9 Å². The Balaban J connectivity index is 2.33. The number of hydrogen-bond donors (Lipinski definition) is 0. The highest BCUT2D eigenvalue weighted by Gasteiger charge is 2.36. The number of rotatable bonds is 10.